The SMILES string of the molecule is CC(NC(=CC(=N)N1CCN(CCC2CCC(CCCC(=O)CCC#N)CC2)CC1)C(F)(F)F)C(C)(C)C. The predicted octanol–water partition coefficient (Wildman–Crippen LogP) is 6.29. The molecule has 0 radical (unpaired) electrons. The van der Waals surface area contributed by atoms with E-state index in [1.54, 1.807) is 11.8 Å². The summed E-state index contributed by atoms with van der Waals surface area (Å²) in [6.45, 7) is 11.1. The zero-order valence-corrected chi connectivity index (χ0v) is 23.8. The molecular weight excluding hydrogens is 491 g/mol. The van der Waals surface area contributed by atoms with Gasteiger partial charge in [-0.25, -0.2) is 0 Å². The van der Waals surface area contributed by atoms with Gasteiger partial charge >= 0.3 is 6.18 Å². The molecule has 38 heavy (non-hydrogen) atoms. The van der Waals surface area contributed by atoms with E-state index in [0.29, 0.717) is 44.2 Å². The second kappa shape index (κ2) is 14.9. The van der Waals surface area contributed by atoms with Gasteiger partial charge < -0.3 is 10.2 Å². The van der Waals surface area contributed by atoms with Crippen LogP contribution in [-0.4, -0.2) is 66.4 Å². The number of allylic oxidation sites excluding steroid dienone is 1. The number of hydrogen-bond donors (Lipinski definition) is 2. The highest BCUT2D eigenvalue weighted by molar-refractivity contribution is 5.91. The van der Waals surface area contributed by atoms with Gasteiger partial charge in [0, 0.05) is 57.6 Å². The minimum Gasteiger partial charge on any atom is -0.378 e. The fourth-order valence-electron chi connectivity index (χ4n) is 5.18. The van der Waals surface area contributed by atoms with Gasteiger partial charge in [0.15, 0.2) is 0 Å². The van der Waals surface area contributed by atoms with E-state index in [1.165, 1.54) is 25.7 Å². The number of rotatable bonds is 12. The molecule has 216 valence electrons. The zero-order valence-electron chi connectivity index (χ0n) is 23.8. The van der Waals surface area contributed by atoms with Crippen LogP contribution in [0.4, 0.5) is 13.2 Å². The Morgan fingerprint density at radius 2 is 1.63 bits per heavy atom. The number of carbonyl (C=O) groups excluding carboxylic acids is 1. The van der Waals surface area contributed by atoms with Gasteiger partial charge in [0.25, 0.3) is 0 Å². The molecule has 2 N–H and O–H groups in total. The van der Waals surface area contributed by atoms with Crippen LogP contribution >= 0.6 is 0 Å². The van der Waals surface area contributed by atoms with Crippen molar-refractivity contribution in [1.29, 1.82) is 10.7 Å². The Kier molecular flexibility index (Phi) is 12.6. The van der Waals surface area contributed by atoms with Crippen LogP contribution in [0.2, 0.25) is 0 Å². The molecule has 0 aromatic rings. The summed E-state index contributed by atoms with van der Waals surface area (Å²) >= 11 is 0. The van der Waals surface area contributed by atoms with Gasteiger partial charge in [0.1, 0.15) is 17.3 Å². The van der Waals surface area contributed by atoms with Crippen molar-refractivity contribution in [3.8, 4) is 6.07 Å². The van der Waals surface area contributed by atoms with Crippen molar-refractivity contribution in [3.63, 3.8) is 0 Å². The molecule has 2 rings (SSSR count). The second-order valence-electron chi connectivity index (χ2n) is 12.3. The predicted molar refractivity (Wildman–Crippen MR) is 146 cm³/mol. The highest BCUT2D eigenvalue weighted by Gasteiger charge is 2.37. The van der Waals surface area contributed by atoms with E-state index < -0.39 is 11.9 Å². The number of halogens is 3. The average Bonchev–Trinajstić information content (AvgIpc) is 2.85. The van der Waals surface area contributed by atoms with Crippen LogP contribution < -0.4 is 5.32 Å². The first-order valence-electron chi connectivity index (χ1n) is 14.3. The van der Waals surface area contributed by atoms with Crippen LogP contribution in [0.3, 0.4) is 0 Å². The monoisotopic (exact) mass is 539 g/mol. The molecule has 9 heteroatoms. The number of hydrogen-bond acceptors (Lipinski definition) is 5. The number of nitrogens with zero attached hydrogens (tertiary/aromatic N) is 3. The van der Waals surface area contributed by atoms with E-state index in [1.807, 2.05) is 26.8 Å². The van der Waals surface area contributed by atoms with Crippen molar-refractivity contribution in [2.24, 2.45) is 17.3 Å². The van der Waals surface area contributed by atoms with Crippen LogP contribution in [0.5, 0.6) is 0 Å². The molecule has 0 bridgehead atoms. The topological polar surface area (TPSA) is 83.2 Å². The van der Waals surface area contributed by atoms with Crippen LogP contribution in [-0.2, 0) is 4.79 Å². The molecule has 0 amide bonds. The van der Waals surface area contributed by atoms with Crippen molar-refractivity contribution < 1.29 is 18.0 Å². The van der Waals surface area contributed by atoms with E-state index >= 15 is 0 Å². The van der Waals surface area contributed by atoms with Gasteiger partial charge in [-0.05, 0) is 43.6 Å². The number of nitrogens with one attached hydrogen (secondary N) is 2. The van der Waals surface area contributed by atoms with Crippen LogP contribution in [0.15, 0.2) is 11.8 Å². The second-order valence-corrected chi connectivity index (χ2v) is 12.3. The molecule has 1 atom stereocenters. The van der Waals surface area contributed by atoms with Crippen molar-refractivity contribution in [1.82, 2.24) is 15.1 Å². The molecule has 1 saturated carbocycles. The summed E-state index contributed by atoms with van der Waals surface area (Å²) in [6, 6.07) is 1.64. The van der Waals surface area contributed by atoms with E-state index in [9.17, 15) is 18.0 Å². The maximum atomic E-state index is 13.6. The summed E-state index contributed by atoms with van der Waals surface area (Å²) in [5.74, 6) is 1.54. The number of amidine groups is 1. The fourth-order valence-corrected chi connectivity index (χ4v) is 5.18. The quantitative estimate of drug-likeness (QED) is 0.225. The minimum atomic E-state index is -4.53. The highest BCUT2D eigenvalue weighted by Crippen LogP contribution is 2.34. The standard InChI is InChI=1S/C29H48F3N5O/c1-22(28(2,3)4)35-26(29(30,31)32)21-27(34)37-19-17-36(18-20-37)16-14-24-12-10-23(11-13-24)7-5-8-25(38)9-6-15-33/h21-24,34-35H,5-14,16-20H2,1-4H3. The smallest absolute Gasteiger partial charge is 0.378 e. The molecule has 1 unspecified atom stereocenters. The Balaban J connectivity index is 1.69. The Labute approximate surface area is 227 Å². The first-order chi connectivity index (χ1) is 17.8. The first-order valence-corrected chi connectivity index (χ1v) is 14.3. The fraction of sp³-hybridized carbons (Fsp3) is 0.828. The van der Waals surface area contributed by atoms with Crippen molar-refractivity contribution in [2.75, 3.05) is 32.7 Å². The Bertz CT molecular complexity index is 827. The third kappa shape index (κ3) is 11.3. The number of piperazine rings is 1. The molecule has 1 aliphatic heterocycles. The molecule has 0 aromatic carbocycles. The van der Waals surface area contributed by atoms with E-state index in [0.717, 1.165) is 45.0 Å². The minimum absolute atomic E-state index is 0.0873. The molecule has 1 heterocycles. The third-order valence-electron chi connectivity index (χ3n) is 8.37. The van der Waals surface area contributed by atoms with E-state index in [2.05, 4.69) is 10.2 Å². The molecule has 2 aliphatic rings. The normalized spacial score (nSPS) is 22.6. The summed E-state index contributed by atoms with van der Waals surface area (Å²) in [5.41, 5.74) is -1.19. The summed E-state index contributed by atoms with van der Waals surface area (Å²) in [5, 5.41) is 19.5. The van der Waals surface area contributed by atoms with Crippen molar-refractivity contribution in [3.05, 3.63) is 11.8 Å². The van der Waals surface area contributed by atoms with Crippen molar-refractivity contribution >= 4 is 11.6 Å². The Hall–Kier alpha value is -2.08. The summed E-state index contributed by atoms with van der Waals surface area (Å²) in [6.07, 6.45) is 5.80. The lowest BCUT2D eigenvalue weighted by Crippen LogP contribution is -2.49. The maximum Gasteiger partial charge on any atom is 0.431 e. The molecule has 6 nitrogen and oxygen atoms in total. The highest BCUT2D eigenvalue weighted by atomic mass is 19.4. The number of carbonyl (C=O) groups is 1. The summed E-state index contributed by atoms with van der Waals surface area (Å²) in [4.78, 5) is 15.8. The van der Waals surface area contributed by atoms with Gasteiger partial charge in [0.05, 0.1) is 6.07 Å². The third-order valence-corrected chi connectivity index (χ3v) is 8.37. The summed E-state index contributed by atoms with van der Waals surface area (Å²) in [7, 11) is 0. The molecule has 0 spiro atoms. The Morgan fingerprint density at radius 1 is 1.05 bits per heavy atom. The van der Waals surface area contributed by atoms with E-state index in [-0.39, 0.29) is 23.1 Å². The molecule has 1 aliphatic carbocycles. The Morgan fingerprint density at radius 3 is 2.16 bits per heavy atom. The molecular formula is C29H48F3N5O. The molecule has 0 aromatic heterocycles. The lowest BCUT2D eigenvalue weighted by Gasteiger charge is -2.37. The lowest BCUT2D eigenvalue weighted by atomic mass is 9.78. The maximum absolute atomic E-state index is 13.6. The van der Waals surface area contributed by atoms with Gasteiger partial charge in [0.2, 0.25) is 0 Å². The number of Topliss-reactive ketones (excluding diaryl/α,β-unsaturated/α-hetero) is 1. The largest absolute Gasteiger partial charge is 0.431 e. The van der Waals surface area contributed by atoms with Crippen molar-refractivity contribution in [2.45, 2.75) is 104 Å². The van der Waals surface area contributed by atoms with Crippen LogP contribution in [0.25, 0.3) is 0 Å². The first kappa shape index (κ1) is 32.1. The van der Waals surface area contributed by atoms with Gasteiger partial charge in [-0.3, -0.25) is 15.1 Å². The van der Waals surface area contributed by atoms with Gasteiger partial charge in [-0.1, -0.05) is 52.9 Å². The van der Waals surface area contributed by atoms with Crippen LogP contribution in [0, 0.1) is 34.0 Å². The molecule has 2 fully saturated rings. The zero-order chi connectivity index (χ0) is 28.3. The average molecular weight is 540 g/mol. The number of alkyl halides is 3. The molecule has 1 saturated heterocycles. The lowest BCUT2D eigenvalue weighted by molar-refractivity contribution is -0.119. The van der Waals surface area contributed by atoms with Gasteiger partial charge in [-0.2, -0.15) is 18.4 Å². The number of nitriles is 1. The summed E-state index contributed by atoms with van der Waals surface area (Å²) < 4.78 is 40.8. The van der Waals surface area contributed by atoms with Gasteiger partial charge in [-0.15, -0.1) is 0 Å². The van der Waals surface area contributed by atoms with Crippen LogP contribution in [0.1, 0.15) is 91.9 Å². The van der Waals surface area contributed by atoms with E-state index in [4.69, 9.17) is 10.7 Å². The number of ketones is 1.